The first-order chi connectivity index (χ1) is 16.1. The van der Waals surface area contributed by atoms with Crippen LogP contribution in [0.5, 0.6) is 0 Å². The van der Waals surface area contributed by atoms with Crippen molar-refractivity contribution in [3.63, 3.8) is 0 Å². The molecule has 3 heterocycles. The third-order valence-corrected chi connectivity index (χ3v) is 9.01. The summed E-state index contributed by atoms with van der Waals surface area (Å²) in [4.78, 5) is 21.5. The number of thiophene rings is 1. The zero-order valence-electron chi connectivity index (χ0n) is 20.2. The van der Waals surface area contributed by atoms with Crippen LogP contribution in [0, 0.1) is 22.2 Å². The molecule has 3 aromatic rings. The molecule has 1 aromatic carbocycles. The Morgan fingerprint density at radius 2 is 1.97 bits per heavy atom. The number of nitriles is 1. The topological polar surface area (TPSA) is 109 Å². The molecule has 2 bridgehead atoms. The van der Waals surface area contributed by atoms with E-state index in [1.807, 2.05) is 29.2 Å². The van der Waals surface area contributed by atoms with E-state index in [9.17, 15) is 10.1 Å². The number of likely N-dealkylation sites (tertiary alicyclic amines) is 1. The number of piperidine rings is 1. The molecule has 1 saturated carbocycles. The summed E-state index contributed by atoms with van der Waals surface area (Å²) in [6.07, 6.45) is 4.07. The van der Waals surface area contributed by atoms with E-state index < -0.39 is 0 Å². The molecule has 7 heteroatoms. The largest absolute Gasteiger partial charge is 0.397 e. The van der Waals surface area contributed by atoms with Crippen molar-refractivity contribution in [2.75, 3.05) is 18.0 Å². The molecule has 1 aliphatic carbocycles. The Morgan fingerprint density at radius 1 is 1.26 bits per heavy atom. The first kappa shape index (κ1) is 22.7. The van der Waals surface area contributed by atoms with Crippen LogP contribution in [0.2, 0.25) is 0 Å². The number of carbonyl (C=O) groups excluding carboxylic acids is 1. The van der Waals surface area contributed by atoms with Crippen LogP contribution in [0.1, 0.15) is 67.8 Å². The van der Waals surface area contributed by atoms with E-state index in [1.165, 1.54) is 16.9 Å². The van der Waals surface area contributed by atoms with Crippen molar-refractivity contribution >= 4 is 39.0 Å². The van der Waals surface area contributed by atoms with Gasteiger partial charge in [-0.25, -0.2) is 4.98 Å². The monoisotopic (exact) mass is 473 g/mol. The van der Waals surface area contributed by atoms with Gasteiger partial charge in [0, 0.05) is 23.5 Å². The number of hydrogen-bond donors (Lipinski definition) is 2. The van der Waals surface area contributed by atoms with Crippen LogP contribution < -0.4 is 11.5 Å². The van der Waals surface area contributed by atoms with E-state index in [2.05, 4.69) is 38.7 Å². The van der Waals surface area contributed by atoms with Crippen molar-refractivity contribution in [1.82, 2.24) is 9.88 Å². The minimum absolute atomic E-state index is 0.0353. The number of carbonyl (C=O) groups is 1. The number of aromatic nitrogens is 1. The predicted molar refractivity (Wildman–Crippen MR) is 139 cm³/mol. The summed E-state index contributed by atoms with van der Waals surface area (Å²) < 4.78 is 0. The highest BCUT2D eigenvalue weighted by atomic mass is 32.1. The second-order valence-corrected chi connectivity index (χ2v) is 11.9. The molecule has 2 fully saturated rings. The first-order valence-electron chi connectivity index (χ1n) is 11.9. The fourth-order valence-electron chi connectivity index (χ4n) is 6.31. The summed E-state index contributed by atoms with van der Waals surface area (Å²) in [5.74, 6) is 0.127. The molecule has 0 spiro atoms. The minimum atomic E-state index is -0.0353. The van der Waals surface area contributed by atoms with E-state index in [0.717, 1.165) is 37.8 Å². The van der Waals surface area contributed by atoms with E-state index in [-0.39, 0.29) is 23.2 Å². The quantitative estimate of drug-likeness (QED) is 0.514. The Labute approximate surface area is 204 Å². The predicted octanol–water partition coefficient (Wildman–Crippen LogP) is 5.60. The standard InChI is InChI=1S/C27H31N5OS/c1-5-15-6-8-16(9-7-15)19-17(13-28)23(30)31-24-20(19)21(29)22(34-24)25(33)32-11-10-27(4)12-18(32)26(2,3)14-27/h6-9,18H,5,10-12,14,29H2,1-4H3,(H2,30,31). The number of nitrogens with zero attached hydrogens (tertiary/aromatic N) is 3. The number of amides is 1. The molecule has 5 rings (SSSR count). The fraction of sp³-hybridized carbons (Fsp3) is 0.444. The van der Waals surface area contributed by atoms with Gasteiger partial charge in [0.15, 0.2) is 0 Å². The number of benzene rings is 1. The average Bonchev–Trinajstić information content (AvgIpc) is 3.21. The molecule has 2 aromatic heterocycles. The number of nitrogen functional groups attached to an aromatic ring is 2. The summed E-state index contributed by atoms with van der Waals surface area (Å²) in [6, 6.07) is 10.5. The van der Waals surface area contributed by atoms with Gasteiger partial charge in [0.2, 0.25) is 0 Å². The molecule has 2 atom stereocenters. The summed E-state index contributed by atoms with van der Waals surface area (Å²) >= 11 is 1.28. The lowest BCUT2D eigenvalue weighted by Gasteiger charge is -2.40. The summed E-state index contributed by atoms with van der Waals surface area (Å²) in [5.41, 5.74) is 16.6. The Kier molecular flexibility index (Phi) is 5.14. The molecular weight excluding hydrogens is 442 g/mol. The molecule has 1 amide bonds. The molecule has 34 heavy (non-hydrogen) atoms. The summed E-state index contributed by atoms with van der Waals surface area (Å²) in [6.45, 7) is 9.71. The molecule has 6 nitrogen and oxygen atoms in total. The molecule has 4 N–H and O–H groups in total. The smallest absolute Gasteiger partial charge is 0.266 e. The molecule has 0 radical (unpaired) electrons. The highest BCUT2D eigenvalue weighted by molar-refractivity contribution is 7.21. The number of rotatable bonds is 3. The average molecular weight is 474 g/mol. The zero-order chi connectivity index (χ0) is 24.4. The van der Waals surface area contributed by atoms with Gasteiger partial charge in [0.25, 0.3) is 5.91 Å². The van der Waals surface area contributed by atoms with E-state index in [1.54, 1.807) is 0 Å². The van der Waals surface area contributed by atoms with Gasteiger partial charge in [0.1, 0.15) is 27.2 Å². The molecule has 176 valence electrons. The van der Waals surface area contributed by atoms with Crippen molar-refractivity contribution in [2.24, 2.45) is 10.8 Å². The Balaban J connectivity index is 1.65. The highest BCUT2D eigenvalue weighted by Gasteiger charge is 2.53. The number of aryl methyl sites for hydroxylation is 1. The third-order valence-electron chi connectivity index (χ3n) is 7.93. The van der Waals surface area contributed by atoms with Crippen LogP contribution in [0.4, 0.5) is 11.5 Å². The summed E-state index contributed by atoms with van der Waals surface area (Å²) in [5, 5.41) is 10.6. The fourth-order valence-corrected chi connectivity index (χ4v) is 7.38. The zero-order valence-corrected chi connectivity index (χ0v) is 21.1. The molecule has 1 aliphatic heterocycles. The normalized spacial score (nSPS) is 23.3. The van der Waals surface area contributed by atoms with Crippen molar-refractivity contribution in [2.45, 2.75) is 59.4 Å². The van der Waals surface area contributed by atoms with Crippen LogP contribution in [-0.2, 0) is 6.42 Å². The van der Waals surface area contributed by atoms with Gasteiger partial charge in [-0.15, -0.1) is 11.3 Å². The van der Waals surface area contributed by atoms with Gasteiger partial charge < -0.3 is 16.4 Å². The number of nitrogens with two attached hydrogens (primary N) is 2. The first-order valence-corrected chi connectivity index (χ1v) is 12.7. The Morgan fingerprint density at radius 3 is 2.62 bits per heavy atom. The van der Waals surface area contributed by atoms with Crippen LogP contribution in [0.15, 0.2) is 24.3 Å². The van der Waals surface area contributed by atoms with Gasteiger partial charge in [-0.1, -0.05) is 52.0 Å². The van der Waals surface area contributed by atoms with Crippen molar-refractivity contribution in [3.8, 4) is 17.2 Å². The van der Waals surface area contributed by atoms with Crippen LogP contribution in [0.25, 0.3) is 21.3 Å². The maximum Gasteiger partial charge on any atom is 0.266 e. The minimum Gasteiger partial charge on any atom is -0.397 e. The maximum absolute atomic E-state index is 13.9. The number of pyridine rings is 1. The molecular formula is C27H31N5OS. The van der Waals surface area contributed by atoms with E-state index in [4.69, 9.17) is 11.5 Å². The number of hydrogen-bond acceptors (Lipinski definition) is 6. The molecule has 1 saturated heterocycles. The maximum atomic E-state index is 13.9. The van der Waals surface area contributed by atoms with Gasteiger partial charge in [-0.3, -0.25) is 4.79 Å². The Hall–Kier alpha value is -3.11. The highest BCUT2D eigenvalue weighted by Crippen LogP contribution is 2.56. The molecule has 2 aliphatic rings. The second kappa shape index (κ2) is 7.71. The SMILES string of the molecule is CCc1ccc(-c2c(C#N)c(N)nc3sc(C(=O)N4CCC5(C)CC4C(C)(C)C5)c(N)c23)cc1. The van der Waals surface area contributed by atoms with Crippen LogP contribution in [-0.4, -0.2) is 28.4 Å². The lowest BCUT2D eigenvalue weighted by atomic mass is 9.81. The van der Waals surface area contributed by atoms with Gasteiger partial charge in [0.05, 0.1) is 5.69 Å². The van der Waals surface area contributed by atoms with E-state index in [0.29, 0.717) is 37.3 Å². The lowest BCUT2D eigenvalue weighted by molar-refractivity contribution is 0.0480. The van der Waals surface area contributed by atoms with Crippen molar-refractivity contribution in [1.29, 1.82) is 5.26 Å². The van der Waals surface area contributed by atoms with Crippen molar-refractivity contribution < 1.29 is 4.79 Å². The van der Waals surface area contributed by atoms with Crippen LogP contribution >= 0.6 is 11.3 Å². The number of fused-ring (bicyclic) bond motifs is 3. The van der Waals surface area contributed by atoms with Crippen molar-refractivity contribution in [3.05, 3.63) is 40.3 Å². The molecule has 2 unspecified atom stereocenters. The van der Waals surface area contributed by atoms with E-state index >= 15 is 0 Å². The number of anilines is 2. The second-order valence-electron chi connectivity index (χ2n) is 10.9. The third kappa shape index (κ3) is 3.35. The van der Waals surface area contributed by atoms with Crippen LogP contribution in [0.3, 0.4) is 0 Å². The Bertz CT molecular complexity index is 1350. The lowest BCUT2D eigenvalue weighted by Crippen LogP contribution is -2.48. The van der Waals surface area contributed by atoms with Gasteiger partial charge >= 0.3 is 0 Å². The van der Waals surface area contributed by atoms with Gasteiger partial charge in [-0.2, -0.15) is 5.26 Å². The van der Waals surface area contributed by atoms with Gasteiger partial charge in [-0.05, 0) is 47.6 Å². The summed E-state index contributed by atoms with van der Waals surface area (Å²) in [7, 11) is 0.